The molecule has 3 aromatic rings. The number of benzene rings is 3. The highest BCUT2D eigenvalue weighted by molar-refractivity contribution is 7.92. The summed E-state index contributed by atoms with van der Waals surface area (Å²) in [5, 5.41) is 2.90. The number of amides is 1. The molecule has 0 bridgehead atoms. The van der Waals surface area contributed by atoms with E-state index in [0.717, 1.165) is 26.6 Å². The molecule has 186 valence electrons. The van der Waals surface area contributed by atoms with E-state index in [1.165, 1.54) is 0 Å². The van der Waals surface area contributed by atoms with Crippen molar-refractivity contribution in [2.45, 2.75) is 38.6 Å². The number of ether oxygens (including phenoxy) is 2. The zero-order chi connectivity index (χ0) is 25.8. The van der Waals surface area contributed by atoms with Gasteiger partial charge in [-0.15, -0.1) is 0 Å². The van der Waals surface area contributed by atoms with Gasteiger partial charge in [0.05, 0.1) is 30.8 Å². The van der Waals surface area contributed by atoms with Crippen molar-refractivity contribution in [3.63, 3.8) is 0 Å². The molecule has 3 rings (SSSR count). The van der Waals surface area contributed by atoms with E-state index in [-0.39, 0.29) is 11.4 Å². The molecule has 0 spiro atoms. The summed E-state index contributed by atoms with van der Waals surface area (Å²) in [5.74, 6) is 0.773. The molecule has 0 radical (unpaired) electrons. The molecule has 0 aliphatic rings. The van der Waals surface area contributed by atoms with Crippen molar-refractivity contribution in [3.05, 3.63) is 82.9 Å². The van der Waals surface area contributed by atoms with Gasteiger partial charge in [-0.05, 0) is 81.3 Å². The van der Waals surface area contributed by atoms with Crippen LogP contribution in [-0.2, 0) is 14.8 Å². The van der Waals surface area contributed by atoms with Gasteiger partial charge in [-0.2, -0.15) is 0 Å². The van der Waals surface area contributed by atoms with Crippen LogP contribution in [0, 0.1) is 20.8 Å². The van der Waals surface area contributed by atoms with Gasteiger partial charge in [0.15, 0.2) is 0 Å². The summed E-state index contributed by atoms with van der Waals surface area (Å²) >= 11 is 0. The first kappa shape index (κ1) is 26.1. The number of methoxy groups -OCH3 is 2. The van der Waals surface area contributed by atoms with E-state index in [1.54, 1.807) is 68.8 Å². The molecule has 3 aromatic carbocycles. The molecule has 0 aliphatic carbocycles. The Morgan fingerprint density at radius 3 is 2.09 bits per heavy atom. The number of sulfonamides is 1. The highest BCUT2D eigenvalue weighted by Gasteiger charge is 2.28. The molecule has 1 atom stereocenters. The summed E-state index contributed by atoms with van der Waals surface area (Å²) in [4.78, 5) is 13.3. The van der Waals surface area contributed by atoms with E-state index in [4.69, 9.17) is 9.47 Å². The minimum Gasteiger partial charge on any atom is -0.497 e. The summed E-state index contributed by atoms with van der Waals surface area (Å²) < 4.78 is 39.2. The lowest BCUT2D eigenvalue weighted by Crippen LogP contribution is -2.41. The summed E-state index contributed by atoms with van der Waals surface area (Å²) in [6.45, 7) is 7.11. The Morgan fingerprint density at radius 1 is 0.886 bits per heavy atom. The SMILES string of the molecule is COc1ccc(OC)c([C@H](C)NC(=O)CN(c2cc(C)cc(C)c2)S(=O)(=O)c2ccc(C)cc2)c1. The molecule has 0 aromatic heterocycles. The molecule has 1 N–H and O–H groups in total. The number of rotatable bonds is 9. The van der Waals surface area contributed by atoms with E-state index < -0.39 is 22.0 Å². The van der Waals surface area contributed by atoms with Crippen molar-refractivity contribution in [2.75, 3.05) is 25.1 Å². The third kappa shape index (κ3) is 6.14. The van der Waals surface area contributed by atoms with Gasteiger partial charge in [-0.25, -0.2) is 8.42 Å². The lowest BCUT2D eigenvalue weighted by molar-refractivity contribution is -0.120. The molecule has 1 amide bonds. The molecule has 0 fully saturated rings. The zero-order valence-corrected chi connectivity index (χ0v) is 21.8. The molecule has 8 heteroatoms. The van der Waals surface area contributed by atoms with Gasteiger partial charge in [0.25, 0.3) is 10.0 Å². The Bertz CT molecular complexity index is 1280. The average molecular weight is 497 g/mol. The highest BCUT2D eigenvalue weighted by Crippen LogP contribution is 2.30. The normalized spacial score (nSPS) is 12.1. The predicted octanol–water partition coefficient (Wildman–Crippen LogP) is 4.70. The predicted molar refractivity (Wildman–Crippen MR) is 138 cm³/mol. The number of hydrogen-bond donors (Lipinski definition) is 1. The van der Waals surface area contributed by atoms with Crippen LogP contribution in [0.4, 0.5) is 5.69 Å². The fraction of sp³-hybridized carbons (Fsp3) is 0.296. The molecule has 7 nitrogen and oxygen atoms in total. The van der Waals surface area contributed by atoms with Crippen LogP contribution in [0.2, 0.25) is 0 Å². The summed E-state index contributed by atoms with van der Waals surface area (Å²) in [5.41, 5.74) is 3.91. The van der Waals surface area contributed by atoms with Gasteiger partial charge in [0.1, 0.15) is 18.0 Å². The Hall–Kier alpha value is -3.52. The van der Waals surface area contributed by atoms with E-state index in [9.17, 15) is 13.2 Å². The van der Waals surface area contributed by atoms with Gasteiger partial charge >= 0.3 is 0 Å². The van der Waals surface area contributed by atoms with Crippen LogP contribution in [0.1, 0.15) is 35.2 Å². The van der Waals surface area contributed by atoms with Crippen molar-refractivity contribution in [1.82, 2.24) is 5.32 Å². The molecular weight excluding hydrogens is 464 g/mol. The van der Waals surface area contributed by atoms with Crippen LogP contribution in [0.15, 0.2) is 65.6 Å². The monoisotopic (exact) mass is 496 g/mol. The van der Waals surface area contributed by atoms with Crippen LogP contribution in [0.3, 0.4) is 0 Å². The average Bonchev–Trinajstić information content (AvgIpc) is 2.81. The third-order valence-corrected chi connectivity index (χ3v) is 7.46. The lowest BCUT2D eigenvalue weighted by Gasteiger charge is -2.26. The van der Waals surface area contributed by atoms with Crippen molar-refractivity contribution in [3.8, 4) is 11.5 Å². The smallest absolute Gasteiger partial charge is 0.264 e. The van der Waals surface area contributed by atoms with Crippen LogP contribution >= 0.6 is 0 Å². The largest absolute Gasteiger partial charge is 0.497 e. The van der Waals surface area contributed by atoms with Gasteiger partial charge in [0, 0.05) is 5.56 Å². The van der Waals surface area contributed by atoms with Crippen LogP contribution in [0.25, 0.3) is 0 Å². The standard InChI is InChI=1S/C27H32N2O5S/c1-18-7-10-24(11-8-18)35(31,32)29(22-14-19(2)13-20(3)15-22)17-27(30)28-21(4)25-16-23(33-5)9-12-26(25)34-6/h7-16,21H,17H2,1-6H3,(H,28,30)/t21-/m0/s1. The number of nitrogens with zero attached hydrogens (tertiary/aromatic N) is 1. The van der Waals surface area contributed by atoms with E-state index in [0.29, 0.717) is 17.2 Å². The zero-order valence-electron chi connectivity index (χ0n) is 21.0. The first-order valence-electron chi connectivity index (χ1n) is 11.2. The topological polar surface area (TPSA) is 84.9 Å². The Morgan fingerprint density at radius 2 is 1.51 bits per heavy atom. The van der Waals surface area contributed by atoms with Gasteiger partial charge in [-0.1, -0.05) is 23.8 Å². The molecule has 0 heterocycles. The van der Waals surface area contributed by atoms with Gasteiger partial charge in [-0.3, -0.25) is 9.10 Å². The number of carbonyl (C=O) groups excluding carboxylic acids is 1. The quantitative estimate of drug-likeness (QED) is 0.464. The minimum atomic E-state index is -4.00. The summed E-state index contributed by atoms with van der Waals surface area (Å²) in [6, 6.07) is 17.0. The number of hydrogen-bond acceptors (Lipinski definition) is 5. The van der Waals surface area contributed by atoms with Crippen LogP contribution < -0.4 is 19.1 Å². The minimum absolute atomic E-state index is 0.123. The first-order chi connectivity index (χ1) is 16.5. The molecule has 35 heavy (non-hydrogen) atoms. The summed E-state index contributed by atoms with van der Waals surface area (Å²) in [6.07, 6.45) is 0. The Balaban J connectivity index is 1.95. The fourth-order valence-electron chi connectivity index (χ4n) is 3.92. The van der Waals surface area contributed by atoms with E-state index >= 15 is 0 Å². The van der Waals surface area contributed by atoms with E-state index in [1.807, 2.05) is 33.8 Å². The van der Waals surface area contributed by atoms with E-state index in [2.05, 4.69) is 5.32 Å². The maximum absolute atomic E-state index is 13.7. The Kier molecular flexibility index (Phi) is 8.07. The molecular formula is C27H32N2O5S. The molecule has 0 aliphatic heterocycles. The lowest BCUT2D eigenvalue weighted by atomic mass is 10.1. The second-order valence-corrected chi connectivity index (χ2v) is 10.4. The van der Waals surface area contributed by atoms with Crippen molar-refractivity contribution >= 4 is 21.6 Å². The Labute approximate surface area is 207 Å². The summed E-state index contributed by atoms with van der Waals surface area (Å²) in [7, 11) is -0.882. The number of aryl methyl sites for hydroxylation is 3. The van der Waals surface area contributed by atoms with Crippen molar-refractivity contribution < 1.29 is 22.7 Å². The number of nitrogens with one attached hydrogen (secondary N) is 1. The molecule has 0 unspecified atom stereocenters. The van der Waals surface area contributed by atoms with Crippen molar-refractivity contribution in [1.29, 1.82) is 0 Å². The first-order valence-corrected chi connectivity index (χ1v) is 12.7. The number of anilines is 1. The second-order valence-electron chi connectivity index (χ2n) is 8.57. The third-order valence-electron chi connectivity index (χ3n) is 5.67. The number of carbonyl (C=O) groups is 1. The maximum atomic E-state index is 13.7. The van der Waals surface area contributed by atoms with Crippen molar-refractivity contribution in [2.24, 2.45) is 0 Å². The second kappa shape index (κ2) is 10.8. The van der Waals surface area contributed by atoms with Crippen LogP contribution in [-0.4, -0.2) is 35.1 Å². The maximum Gasteiger partial charge on any atom is 0.264 e. The fourth-order valence-corrected chi connectivity index (χ4v) is 5.32. The molecule has 0 saturated carbocycles. The van der Waals surface area contributed by atoms with Gasteiger partial charge < -0.3 is 14.8 Å². The van der Waals surface area contributed by atoms with Crippen LogP contribution in [0.5, 0.6) is 11.5 Å². The highest BCUT2D eigenvalue weighted by atomic mass is 32.2. The molecule has 0 saturated heterocycles. The van der Waals surface area contributed by atoms with Gasteiger partial charge in [0.2, 0.25) is 5.91 Å².